The number of hydrogen-bond acceptors (Lipinski definition) is 4. The number of rotatable bonds is 2. The molecule has 2 aromatic rings. The van der Waals surface area contributed by atoms with E-state index in [2.05, 4.69) is 0 Å². The zero-order valence-corrected chi connectivity index (χ0v) is 11.7. The molecule has 0 saturated heterocycles. The van der Waals surface area contributed by atoms with Crippen LogP contribution in [-0.4, -0.2) is 12.4 Å². The lowest BCUT2D eigenvalue weighted by Gasteiger charge is -2.13. The summed E-state index contributed by atoms with van der Waals surface area (Å²) < 4.78 is 5.39. The molecule has 1 aromatic carbocycles. The summed E-state index contributed by atoms with van der Waals surface area (Å²) >= 11 is 7.38. The fourth-order valence-corrected chi connectivity index (χ4v) is 3.52. The summed E-state index contributed by atoms with van der Waals surface area (Å²) in [6.45, 7) is 1.19. The number of carbonyl (C=O) groups is 1. The molecule has 0 saturated carbocycles. The fraction of sp³-hybridized carbons (Fsp3) is 0.214. The number of hydrogen-bond donors (Lipinski definition) is 1. The van der Waals surface area contributed by atoms with Crippen molar-refractivity contribution in [2.24, 2.45) is 0 Å². The number of anilines is 1. The molecule has 2 heterocycles. The van der Waals surface area contributed by atoms with Gasteiger partial charge in [0.2, 0.25) is 0 Å². The summed E-state index contributed by atoms with van der Waals surface area (Å²) in [4.78, 5) is 13.6. The second kappa shape index (κ2) is 4.96. The Morgan fingerprint density at radius 2 is 2.26 bits per heavy atom. The van der Waals surface area contributed by atoms with Crippen molar-refractivity contribution in [3.8, 4) is 0 Å². The average molecular weight is 294 g/mol. The van der Waals surface area contributed by atoms with Gasteiger partial charge >= 0.3 is 0 Å². The van der Waals surface area contributed by atoms with Crippen molar-refractivity contribution >= 4 is 33.7 Å². The molecule has 0 fully saturated rings. The summed E-state index contributed by atoms with van der Waals surface area (Å²) in [6.07, 6.45) is 0.741. The highest BCUT2D eigenvalue weighted by atomic mass is 35.5. The van der Waals surface area contributed by atoms with E-state index in [1.54, 1.807) is 24.3 Å². The second-order valence-electron chi connectivity index (χ2n) is 4.39. The van der Waals surface area contributed by atoms with E-state index >= 15 is 0 Å². The smallest absolute Gasteiger partial charge is 0.196 e. The Hall–Kier alpha value is -1.36. The van der Waals surface area contributed by atoms with Crippen molar-refractivity contribution in [1.82, 2.24) is 0 Å². The van der Waals surface area contributed by atoms with Gasteiger partial charge in [0.05, 0.1) is 23.8 Å². The van der Waals surface area contributed by atoms with Crippen LogP contribution in [-0.2, 0) is 17.8 Å². The van der Waals surface area contributed by atoms with Crippen molar-refractivity contribution < 1.29 is 9.53 Å². The number of carbonyl (C=O) groups excluding carboxylic acids is 1. The van der Waals surface area contributed by atoms with Crippen LogP contribution >= 0.6 is 22.9 Å². The van der Waals surface area contributed by atoms with Gasteiger partial charge in [0, 0.05) is 15.5 Å². The van der Waals surface area contributed by atoms with Gasteiger partial charge in [-0.2, -0.15) is 0 Å². The molecule has 3 nitrogen and oxygen atoms in total. The summed E-state index contributed by atoms with van der Waals surface area (Å²) in [5.41, 5.74) is 8.25. The quantitative estimate of drug-likeness (QED) is 0.865. The molecule has 98 valence electrons. The summed E-state index contributed by atoms with van der Waals surface area (Å²) in [7, 11) is 0. The monoisotopic (exact) mass is 293 g/mol. The molecule has 0 bridgehead atoms. The molecule has 2 N–H and O–H groups in total. The van der Waals surface area contributed by atoms with Gasteiger partial charge in [-0.3, -0.25) is 4.79 Å². The van der Waals surface area contributed by atoms with Crippen molar-refractivity contribution in [2.45, 2.75) is 13.0 Å². The van der Waals surface area contributed by atoms with Crippen LogP contribution in [0, 0.1) is 0 Å². The van der Waals surface area contributed by atoms with E-state index in [4.69, 9.17) is 22.1 Å². The van der Waals surface area contributed by atoms with Crippen LogP contribution in [0.25, 0.3) is 0 Å². The lowest BCUT2D eigenvalue weighted by Crippen LogP contribution is -2.12. The fourth-order valence-electron chi connectivity index (χ4n) is 2.28. The zero-order valence-electron chi connectivity index (χ0n) is 10.1. The minimum atomic E-state index is -0.0561. The molecule has 19 heavy (non-hydrogen) atoms. The standard InChI is InChI=1S/C14H12ClNO2S/c15-9-3-1-2-8(6-9)13(17)12-10-4-5-18-7-11(10)19-14(12)16/h1-3,6H,4-5,7,16H2. The van der Waals surface area contributed by atoms with Gasteiger partial charge in [0.1, 0.15) is 0 Å². The lowest BCUT2D eigenvalue weighted by atomic mass is 9.98. The molecule has 0 spiro atoms. The van der Waals surface area contributed by atoms with E-state index in [0.717, 1.165) is 16.9 Å². The lowest BCUT2D eigenvalue weighted by molar-refractivity contribution is 0.102. The third kappa shape index (κ3) is 2.27. The van der Waals surface area contributed by atoms with Gasteiger partial charge in [0.15, 0.2) is 5.78 Å². The maximum absolute atomic E-state index is 12.6. The van der Waals surface area contributed by atoms with Gasteiger partial charge in [-0.05, 0) is 24.1 Å². The van der Waals surface area contributed by atoms with Gasteiger partial charge in [-0.25, -0.2) is 0 Å². The predicted octanol–water partition coefficient (Wildman–Crippen LogP) is 3.29. The molecule has 1 aliphatic rings. The zero-order chi connectivity index (χ0) is 13.4. The topological polar surface area (TPSA) is 52.3 Å². The van der Waals surface area contributed by atoms with E-state index in [9.17, 15) is 4.79 Å². The molecule has 5 heteroatoms. The maximum Gasteiger partial charge on any atom is 0.196 e. The van der Waals surface area contributed by atoms with Crippen LogP contribution in [0.1, 0.15) is 26.4 Å². The molecule has 1 aliphatic heterocycles. The highest BCUT2D eigenvalue weighted by molar-refractivity contribution is 7.16. The molecular weight excluding hydrogens is 282 g/mol. The summed E-state index contributed by atoms with van der Waals surface area (Å²) in [5, 5.41) is 1.12. The number of nitrogen functional groups attached to an aromatic ring is 1. The van der Waals surface area contributed by atoms with Crippen LogP contribution in [0.5, 0.6) is 0 Å². The van der Waals surface area contributed by atoms with E-state index in [-0.39, 0.29) is 5.78 Å². The number of fused-ring (bicyclic) bond motifs is 1. The van der Waals surface area contributed by atoms with E-state index in [0.29, 0.717) is 34.4 Å². The molecular formula is C14H12ClNO2S. The maximum atomic E-state index is 12.6. The van der Waals surface area contributed by atoms with Crippen molar-refractivity contribution in [3.63, 3.8) is 0 Å². The normalized spacial score (nSPS) is 14.2. The van der Waals surface area contributed by atoms with Crippen LogP contribution in [0.3, 0.4) is 0 Å². The Kier molecular flexibility index (Phi) is 3.31. The first-order valence-electron chi connectivity index (χ1n) is 5.95. The molecule has 1 aromatic heterocycles. The van der Waals surface area contributed by atoms with Crippen LogP contribution < -0.4 is 5.73 Å². The van der Waals surface area contributed by atoms with Crippen molar-refractivity contribution in [2.75, 3.05) is 12.3 Å². The Balaban J connectivity index is 2.07. The number of ketones is 1. The number of ether oxygens (including phenoxy) is 1. The van der Waals surface area contributed by atoms with Crippen molar-refractivity contribution in [3.05, 3.63) is 50.9 Å². The average Bonchev–Trinajstić information content (AvgIpc) is 2.74. The minimum absolute atomic E-state index is 0.0561. The molecule has 0 aliphatic carbocycles. The van der Waals surface area contributed by atoms with Gasteiger partial charge in [-0.1, -0.05) is 23.7 Å². The van der Waals surface area contributed by atoms with Gasteiger partial charge < -0.3 is 10.5 Å². The second-order valence-corrected chi connectivity index (χ2v) is 5.96. The highest BCUT2D eigenvalue weighted by Gasteiger charge is 2.25. The molecule has 3 rings (SSSR count). The molecule has 0 unspecified atom stereocenters. The Labute approximate surface area is 120 Å². The Morgan fingerprint density at radius 1 is 1.42 bits per heavy atom. The third-order valence-corrected chi connectivity index (χ3v) is 4.43. The van der Waals surface area contributed by atoms with E-state index < -0.39 is 0 Å². The van der Waals surface area contributed by atoms with E-state index in [1.165, 1.54) is 11.3 Å². The summed E-state index contributed by atoms with van der Waals surface area (Å²) in [6, 6.07) is 6.95. The predicted molar refractivity (Wildman–Crippen MR) is 77.0 cm³/mol. The number of benzene rings is 1. The van der Waals surface area contributed by atoms with E-state index in [1.807, 2.05) is 0 Å². The molecule has 0 atom stereocenters. The largest absolute Gasteiger partial charge is 0.390 e. The Morgan fingerprint density at radius 3 is 3.05 bits per heavy atom. The SMILES string of the molecule is Nc1sc2c(c1C(=O)c1cccc(Cl)c1)CCOC2. The first kappa shape index (κ1) is 12.7. The first-order chi connectivity index (χ1) is 9.16. The molecule has 0 radical (unpaired) electrons. The van der Waals surface area contributed by atoms with Gasteiger partial charge in [0.25, 0.3) is 0 Å². The third-order valence-electron chi connectivity index (χ3n) is 3.16. The molecule has 0 amide bonds. The Bertz CT molecular complexity index is 651. The van der Waals surface area contributed by atoms with Crippen LogP contribution in [0.15, 0.2) is 24.3 Å². The number of thiophene rings is 1. The summed E-state index contributed by atoms with van der Waals surface area (Å²) in [5.74, 6) is -0.0561. The highest BCUT2D eigenvalue weighted by Crippen LogP contribution is 2.35. The van der Waals surface area contributed by atoms with Crippen molar-refractivity contribution in [1.29, 1.82) is 0 Å². The van der Waals surface area contributed by atoms with Gasteiger partial charge in [-0.15, -0.1) is 11.3 Å². The number of halogens is 1. The van der Waals surface area contributed by atoms with Crippen LogP contribution in [0.2, 0.25) is 5.02 Å². The minimum Gasteiger partial charge on any atom is -0.390 e. The number of nitrogens with two attached hydrogens (primary N) is 1. The first-order valence-corrected chi connectivity index (χ1v) is 7.14. The van der Waals surface area contributed by atoms with Crippen LogP contribution in [0.4, 0.5) is 5.00 Å².